The van der Waals surface area contributed by atoms with Crippen LogP contribution in [0.15, 0.2) is 47.4 Å². The summed E-state index contributed by atoms with van der Waals surface area (Å²) in [5, 5.41) is 0. The van der Waals surface area contributed by atoms with E-state index in [0.29, 0.717) is 35.8 Å². The summed E-state index contributed by atoms with van der Waals surface area (Å²) in [6.07, 6.45) is 0. The molecule has 140 valence electrons. The number of aryl methyl sites for hydroxylation is 1. The molecule has 0 aromatic heterocycles. The molecule has 0 aliphatic rings. The highest BCUT2D eigenvalue weighted by Crippen LogP contribution is 2.23. The lowest BCUT2D eigenvalue weighted by molar-refractivity contribution is 0.0601. The van der Waals surface area contributed by atoms with E-state index in [4.69, 9.17) is 9.47 Å². The molecule has 0 spiro atoms. The standard InChI is InChI=1S/C18H21NO6S/c1-13-12-16(8-9-17(13)25-11-10-23-2)26(21,22)19-15-6-4-14(5-7-15)18(20)24-3/h4-9,12,19H,10-11H2,1-3H3. The minimum absolute atomic E-state index is 0.117. The predicted octanol–water partition coefficient (Wildman–Crippen LogP) is 2.61. The summed E-state index contributed by atoms with van der Waals surface area (Å²) in [4.78, 5) is 11.5. The Hall–Kier alpha value is -2.58. The molecule has 0 bridgehead atoms. The second-order valence-corrected chi connectivity index (χ2v) is 7.13. The minimum atomic E-state index is -3.76. The molecule has 0 aliphatic carbocycles. The van der Waals surface area contributed by atoms with Gasteiger partial charge < -0.3 is 14.2 Å². The summed E-state index contributed by atoms with van der Waals surface area (Å²) in [5.74, 6) is 0.113. The normalized spacial score (nSPS) is 11.0. The fraction of sp³-hybridized carbons (Fsp3) is 0.278. The number of ether oxygens (including phenoxy) is 3. The summed E-state index contributed by atoms with van der Waals surface area (Å²) in [5.41, 5.74) is 1.38. The molecule has 0 unspecified atom stereocenters. The van der Waals surface area contributed by atoms with E-state index in [9.17, 15) is 13.2 Å². The molecule has 0 atom stereocenters. The van der Waals surface area contributed by atoms with Crippen molar-refractivity contribution in [3.05, 3.63) is 53.6 Å². The van der Waals surface area contributed by atoms with Gasteiger partial charge in [0.25, 0.3) is 10.0 Å². The molecule has 7 nitrogen and oxygen atoms in total. The quantitative estimate of drug-likeness (QED) is 0.560. The number of sulfonamides is 1. The molecule has 0 amide bonds. The van der Waals surface area contributed by atoms with Crippen molar-refractivity contribution in [3.63, 3.8) is 0 Å². The zero-order valence-corrected chi connectivity index (χ0v) is 15.6. The van der Waals surface area contributed by atoms with Crippen LogP contribution in [0.4, 0.5) is 5.69 Å². The van der Waals surface area contributed by atoms with Crippen molar-refractivity contribution in [2.75, 3.05) is 32.2 Å². The van der Waals surface area contributed by atoms with Crippen LogP contribution in [-0.2, 0) is 19.5 Å². The first-order valence-electron chi connectivity index (χ1n) is 7.81. The molecule has 0 saturated heterocycles. The molecule has 2 rings (SSSR count). The Morgan fingerprint density at radius 2 is 1.73 bits per heavy atom. The van der Waals surface area contributed by atoms with Gasteiger partial charge in [-0.15, -0.1) is 0 Å². The van der Waals surface area contributed by atoms with Gasteiger partial charge in [-0.25, -0.2) is 13.2 Å². The second-order valence-electron chi connectivity index (χ2n) is 5.44. The second kappa shape index (κ2) is 8.68. The highest BCUT2D eigenvalue weighted by atomic mass is 32.2. The molecule has 2 aromatic rings. The van der Waals surface area contributed by atoms with Gasteiger partial charge in [0.05, 0.1) is 24.2 Å². The number of nitrogens with one attached hydrogen (secondary N) is 1. The van der Waals surface area contributed by atoms with Gasteiger partial charge in [0.1, 0.15) is 12.4 Å². The highest BCUT2D eigenvalue weighted by Gasteiger charge is 2.16. The third-order valence-electron chi connectivity index (χ3n) is 3.56. The van der Waals surface area contributed by atoms with E-state index >= 15 is 0 Å². The Bertz CT molecular complexity index is 862. The third-order valence-corrected chi connectivity index (χ3v) is 4.94. The van der Waals surface area contributed by atoms with Gasteiger partial charge in [-0.1, -0.05) is 0 Å². The monoisotopic (exact) mass is 379 g/mol. The summed E-state index contributed by atoms with van der Waals surface area (Å²) < 4.78 is 42.6. The highest BCUT2D eigenvalue weighted by molar-refractivity contribution is 7.92. The van der Waals surface area contributed by atoms with E-state index in [2.05, 4.69) is 9.46 Å². The molecule has 0 aliphatic heterocycles. The van der Waals surface area contributed by atoms with Gasteiger partial charge in [-0.2, -0.15) is 0 Å². The molecule has 1 N–H and O–H groups in total. The smallest absolute Gasteiger partial charge is 0.337 e. The molecular formula is C18H21NO6S. The minimum Gasteiger partial charge on any atom is -0.491 e. The van der Waals surface area contributed by atoms with Crippen LogP contribution in [0.3, 0.4) is 0 Å². The number of hydrogen-bond acceptors (Lipinski definition) is 6. The fourth-order valence-corrected chi connectivity index (χ4v) is 3.34. The van der Waals surface area contributed by atoms with Gasteiger partial charge in [-0.05, 0) is 55.0 Å². The summed E-state index contributed by atoms with van der Waals surface area (Å²) in [6.45, 7) is 2.60. The van der Waals surface area contributed by atoms with Crippen molar-refractivity contribution >= 4 is 21.7 Å². The fourth-order valence-electron chi connectivity index (χ4n) is 2.19. The van der Waals surface area contributed by atoms with Crippen molar-refractivity contribution in [3.8, 4) is 5.75 Å². The van der Waals surface area contributed by atoms with Crippen LogP contribution < -0.4 is 9.46 Å². The molecule has 0 heterocycles. The maximum Gasteiger partial charge on any atom is 0.337 e. The Labute approximate surface area is 152 Å². The van der Waals surface area contributed by atoms with Gasteiger partial charge in [0, 0.05) is 12.8 Å². The Morgan fingerprint density at radius 1 is 1.04 bits per heavy atom. The lowest BCUT2D eigenvalue weighted by atomic mass is 10.2. The average molecular weight is 379 g/mol. The Kier molecular flexibility index (Phi) is 6.59. The van der Waals surface area contributed by atoms with Crippen molar-refractivity contribution < 1.29 is 27.4 Å². The average Bonchev–Trinajstić information content (AvgIpc) is 2.62. The first-order valence-corrected chi connectivity index (χ1v) is 9.29. The lowest BCUT2D eigenvalue weighted by Crippen LogP contribution is -2.13. The number of methoxy groups -OCH3 is 2. The molecule has 2 aromatic carbocycles. The van der Waals surface area contributed by atoms with Crippen molar-refractivity contribution in [2.45, 2.75) is 11.8 Å². The number of hydrogen-bond donors (Lipinski definition) is 1. The molecule has 0 fully saturated rings. The van der Waals surface area contributed by atoms with E-state index in [1.165, 1.54) is 43.5 Å². The van der Waals surface area contributed by atoms with Crippen LogP contribution in [0.2, 0.25) is 0 Å². The van der Waals surface area contributed by atoms with Crippen LogP contribution in [0.1, 0.15) is 15.9 Å². The van der Waals surface area contributed by atoms with Crippen LogP contribution in [0, 0.1) is 6.92 Å². The molecule has 0 saturated carbocycles. The Morgan fingerprint density at radius 3 is 2.31 bits per heavy atom. The van der Waals surface area contributed by atoms with E-state index in [-0.39, 0.29) is 4.90 Å². The largest absolute Gasteiger partial charge is 0.491 e. The number of esters is 1. The molecular weight excluding hydrogens is 358 g/mol. The van der Waals surface area contributed by atoms with Gasteiger partial charge in [-0.3, -0.25) is 4.72 Å². The SMILES string of the molecule is COCCOc1ccc(S(=O)(=O)Nc2ccc(C(=O)OC)cc2)cc1C. The number of rotatable bonds is 8. The summed E-state index contributed by atoms with van der Waals surface area (Å²) in [7, 11) is -0.903. The van der Waals surface area contributed by atoms with E-state index in [1.54, 1.807) is 20.1 Å². The van der Waals surface area contributed by atoms with E-state index in [1.807, 2.05) is 0 Å². The molecule has 0 radical (unpaired) electrons. The first kappa shape index (κ1) is 19.7. The number of anilines is 1. The van der Waals surface area contributed by atoms with Crippen molar-refractivity contribution in [1.82, 2.24) is 0 Å². The molecule has 26 heavy (non-hydrogen) atoms. The first-order chi connectivity index (χ1) is 12.4. The number of benzene rings is 2. The van der Waals surface area contributed by atoms with Crippen LogP contribution in [0.5, 0.6) is 5.75 Å². The third kappa shape index (κ3) is 4.96. The van der Waals surface area contributed by atoms with Crippen molar-refractivity contribution in [1.29, 1.82) is 0 Å². The van der Waals surface area contributed by atoms with Crippen LogP contribution in [-0.4, -0.2) is 41.8 Å². The van der Waals surface area contributed by atoms with E-state index in [0.717, 1.165) is 0 Å². The van der Waals surface area contributed by atoms with Gasteiger partial charge >= 0.3 is 5.97 Å². The maximum absolute atomic E-state index is 12.5. The predicted molar refractivity (Wildman–Crippen MR) is 97.1 cm³/mol. The van der Waals surface area contributed by atoms with E-state index < -0.39 is 16.0 Å². The van der Waals surface area contributed by atoms with Crippen LogP contribution >= 0.6 is 0 Å². The van der Waals surface area contributed by atoms with Gasteiger partial charge in [0.2, 0.25) is 0 Å². The zero-order chi connectivity index (χ0) is 19.2. The van der Waals surface area contributed by atoms with Crippen LogP contribution in [0.25, 0.3) is 0 Å². The summed E-state index contributed by atoms with van der Waals surface area (Å²) in [6, 6.07) is 10.6. The topological polar surface area (TPSA) is 90.9 Å². The zero-order valence-electron chi connectivity index (χ0n) is 14.8. The van der Waals surface area contributed by atoms with Gasteiger partial charge in [0.15, 0.2) is 0 Å². The maximum atomic E-state index is 12.5. The lowest BCUT2D eigenvalue weighted by Gasteiger charge is -2.12. The summed E-state index contributed by atoms with van der Waals surface area (Å²) >= 11 is 0. The molecule has 8 heteroatoms. The van der Waals surface area contributed by atoms with Crippen molar-refractivity contribution in [2.24, 2.45) is 0 Å². The Balaban J connectivity index is 2.14. The number of carbonyl (C=O) groups is 1. The number of carbonyl (C=O) groups excluding carboxylic acids is 1.